The Hall–Kier alpha value is 0.350. The number of hydrogen-bond donors (Lipinski definition) is 0. The zero-order valence-corrected chi connectivity index (χ0v) is 15.5. The van der Waals surface area contributed by atoms with Gasteiger partial charge in [0.2, 0.25) is 0 Å². The number of hydrogen-bond acceptors (Lipinski definition) is 0. The molecule has 1 heteroatoms. The van der Waals surface area contributed by atoms with Gasteiger partial charge in [0.15, 0.2) is 0 Å². The van der Waals surface area contributed by atoms with Crippen LogP contribution in [0.5, 0.6) is 0 Å². The van der Waals surface area contributed by atoms with E-state index in [0.29, 0.717) is 0 Å². The van der Waals surface area contributed by atoms with Crippen LogP contribution in [0.2, 0.25) is 0 Å². The minimum atomic E-state index is 0. The molecule has 16 heavy (non-hydrogen) atoms. The quantitative estimate of drug-likeness (QED) is 0.414. The van der Waals surface area contributed by atoms with Crippen molar-refractivity contribution in [2.45, 2.75) is 104 Å². The summed E-state index contributed by atoms with van der Waals surface area (Å²) in [6, 6.07) is 0. The molecule has 0 bridgehead atoms. The zero-order valence-electron chi connectivity index (χ0n) is 14.5. The summed E-state index contributed by atoms with van der Waals surface area (Å²) in [4.78, 5) is 0. The molecule has 0 aliphatic heterocycles. The molecule has 0 fully saturated rings. The highest BCUT2D eigenvalue weighted by atomic mass is 32.1. The van der Waals surface area contributed by atoms with E-state index in [1.165, 1.54) is 0 Å². The van der Waals surface area contributed by atoms with E-state index in [1.807, 2.05) is 96.9 Å². The van der Waals surface area contributed by atoms with Gasteiger partial charge in [0.25, 0.3) is 0 Å². The molecule has 0 amide bonds. The Morgan fingerprint density at radius 3 is 0.312 bits per heavy atom. The van der Waals surface area contributed by atoms with E-state index in [9.17, 15) is 0 Å². The molecular weight excluding hydrogens is 212 g/mol. The van der Waals surface area contributed by atoms with Crippen LogP contribution >= 0.6 is 13.5 Å². The summed E-state index contributed by atoms with van der Waals surface area (Å²) in [7, 11) is 0. The smallest absolute Gasteiger partial charge is 0 e. The fourth-order valence-corrected chi connectivity index (χ4v) is 0. The minimum Gasteiger partial charge on any atom is -0.197 e. The predicted octanol–water partition coefficient (Wildman–Crippen LogP) is 8.18. The first kappa shape index (κ1) is 71.3. The lowest BCUT2D eigenvalue weighted by Gasteiger charge is -1.07. The molecule has 0 radical (unpaired) electrons. The lowest BCUT2D eigenvalue weighted by Crippen LogP contribution is -0.856. The second-order valence-corrected chi connectivity index (χ2v) is 0. The molecule has 0 atom stereocenters. The first-order chi connectivity index (χ1) is 7.00. The Labute approximate surface area is 120 Å². The van der Waals surface area contributed by atoms with E-state index in [2.05, 4.69) is 0 Å². The maximum atomic E-state index is 2.00. The van der Waals surface area contributed by atoms with Gasteiger partial charge in [0.1, 0.15) is 0 Å². The van der Waals surface area contributed by atoms with Crippen LogP contribution in [-0.2, 0) is 0 Å². The van der Waals surface area contributed by atoms with Gasteiger partial charge in [-0.2, -0.15) is 13.5 Å². The van der Waals surface area contributed by atoms with Crippen molar-refractivity contribution in [1.82, 2.24) is 0 Å². The highest BCUT2D eigenvalue weighted by Gasteiger charge is 0.944. The van der Waals surface area contributed by atoms with Crippen molar-refractivity contribution in [2.24, 2.45) is 0 Å². The van der Waals surface area contributed by atoms with E-state index < -0.39 is 0 Å². The average Bonchev–Trinajstić information content (AvgIpc) is 2.45. The van der Waals surface area contributed by atoms with Gasteiger partial charge in [-0.1, -0.05) is 104 Å². The third-order valence-corrected chi connectivity index (χ3v) is 0. The maximum absolute atomic E-state index is 2.00. The van der Waals surface area contributed by atoms with Crippen LogP contribution in [0, 0.1) is 0 Å². The molecule has 0 rings (SSSR count). The maximum Gasteiger partial charge on any atom is 0 e. The van der Waals surface area contributed by atoms with Crippen molar-refractivity contribution in [3.63, 3.8) is 0 Å². The molecule has 0 aliphatic rings. The summed E-state index contributed by atoms with van der Waals surface area (Å²) in [5.41, 5.74) is 0. The molecule has 0 saturated carbocycles. The largest absolute Gasteiger partial charge is 0.197 e. The lowest BCUT2D eigenvalue weighted by molar-refractivity contribution is 1.50. The molecular formula is C15H50S. The van der Waals surface area contributed by atoms with Crippen LogP contribution in [0.3, 0.4) is 0 Å². The third kappa shape index (κ3) is 20900. The second-order valence-electron chi connectivity index (χ2n) is 0. The Morgan fingerprint density at radius 1 is 0.312 bits per heavy atom. The average molecular weight is 265 g/mol. The topological polar surface area (TPSA) is 0 Å². The molecule has 0 aromatic heterocycles. The van der Waals surface area contributed by atoms with Gasteiger partial charge in [-0.25, -0.2) is 0 Å². The van der Waals surface area contributed by atoms with Crippen LogP contribution < -0.4 is 0 Å². The van der Waals surface area contributed by atoms with Gasteiger partial charge in [0.05, 0.1) is 0 Å². The van der Waals surface area contributed by atoms with E-state index in [0.717, 1.165) is 0 Å². The first-order valence-electron chi connectivity index (χ1n) is 7.00. The normalized spacial score (nSPS) is 2.62. The molecule has 0 unspecified atom stereocenters. The molecule has 0 aromatic carbocycles. The summed E-state index contributed by atoms with van der Waals surface area (Å²) >= 11 is 0. The summed E-state index contributed by atoms with van der Waals surface area (Å²) in [5, 5.41) is 0. The SMILES string of the molecule is C.CC.CC.CC.CC.CC.CC.CC.S.[3HH]. The van der Waals surface area contributed by atoms with Crippen molar-refractivity contribution in [1.29, 1.82) is 0 Å². The van der Waals surface area contributed by atoms with Gasteiger partial charge < -0.3 is 0 Å². The molecule has 0 heterocycles. The van der Waals surface area contributed by atoms with E-state index in [1.54, 1.807) is 0 Å². The molecule has 0 aliphatic carbocycles. The van der Waals surface area contributed by atoms with Crippen molar-refractivity contribution < 1.29 is 1.43 Å². The van der Waals surface area contributed by atoms with Crippen LogP contribution in [0.15, 0.2) is 0 Å². The highest BCUT2D eigenvalue weighted by molar-refractivity contribution is 7.59. The van der Waals surface area contributed by atoms with Crippen LogP contribution in [-0.4, -0.2) is 0 Å². The Bertz CT molecular complexity index is 10.9. The summed E-state index contributed by atoms with van der Waals surface area (Å²) in [6.45, 7) is 28.0. The van der Waals surface area contributed by atoms with Crippen molar-refractivity contribution in [2.75, 3.05) is 0 Å². The fourth-order valence-electron chi connectivity index (χ4n) is 0. The van der Waals surface area contributed by atoms with Gasteiger partial charge >= 0.3 is 0 Å². The van der Waals surface area contributed by atoms with E-state index in [4.69, 9.17) is 0 Å². The standard InChI is InChI=1S/7C2H6.CH4.H2S.H2/c7*1-2;;;/h7*1-2H3;1H4;1H2;1H/i;;;;;;;;;1+2. The lowest BCUT2D eigenvalue weighted by atomic mass is 11.0. The van der Waals surface area contributed by atoms with Crippen LogP contribution in [0.1, 0.15) is 106 Å². The van der Waals surface area contributed by atoms with E-state index in [-0.39, 0.29) is 22.3 Å². The Balaban J connectivity index is -0.00000000408. The fraction of sp³-hybridized carbons (Fsp3) is 1.00. The molecule has 116 valence electrons. The Morgan fingerprint density at radius 2 is 0.312 bits per heavy atom. The minimum absolute atomic E-state index is 0. The second kappa shape index (κ2) is 25800. The monoisotopic (exact) mass is 264 g/mol. The summed E-state index contributed by atoms with van der Waals surface area (Å²) in [6.07, 6.45) is 0. The zero-order chi connectivity index (χ0) is 14.0. The van der Waals surface area contributed by atoms with Crippen molar-refractivity contribution in [3.05, 3.63) is 0 Å². The molecule has 0 saturated heterocycles. The Kier molecular flexibility index (Phi) is 115000. The first-order valence-corrected chi connectivity index (χ1v) is 7.00. The van der Waals surface area contributed by atoms with Gasteiger partial charge in [-0.05, 0) is 0 Å². The van der Waals surface area contributed by atoms with Gasteiger partial charge in [0, 0.05) is 1.43 Å². The molecule has 0 aromatic rings. The third-order valence-electron chi connectivity index (χ3n) is 0. The summed E-state index contributed by atoms with van der Waals surface area (Å²) in [5.74, 6) is 0. The summed E-state index contributed by atoms with van der Waals surface area (Å²) < 4.78 is 0. The van der Waals surface area contributed by atoms with Gasteiger partial charge in [-0.3, -0.25) is 0 Å². The number of rotatable bonds is 0. The molecule has 0 N–H and O–H groups in total. The highest BCUT2D eigenvalue weighted by Crippen LogP contribution is 1.16. The van der Waals surface area contributed by atoms with Crippen LogP contribution in [0.4, 0.5) is 0 Å². The molecule has 0 nitrogen and oxygen atoms in total. The van der Waals surface area contributed by atoms with Gasteiger partial charge in [-0.15, -0.1) is 0 Å². The van der Waals surface area contributed by atoms with Crippen LogP contribution in [0.25, 0.3) is 0 Å². The van der Waals surface area contributed by atoms with E-state index >= 15 is 0 Å². The predicted molar refractivity (Wildman–Crippen MR) is 98.7 cm³/mol. The molecule has 0 spiro atoms. The van der Waals surface area contributed by atoms with Crippen molar-refractivity contribution >= 4 is 13.5 Å². The van der Waals surface area contributed by atoms with Crippen molar-refractivity contribution in [3.8, 4) is 0 Å².